The van der Waals surface area contributed by atoms with E-state index in [2.05, 4.69) is 22.2 Å². The molecule has 10 nitrogen and oxygen atoms in total. The third-order valence-corrected chi connectivity index (χ3v) is 6.04. The minimum absolute atomic E-state index is 0.131. The number of hydrogen-bond donors (Lipinski definition) is 1. The van der Waals surface area contributed by atoms with E-state index in [1.54, 1.807) is 19.9 Å². The van der Waals surface area contributed by atoms with Crippen LogP contribution in [-0.4, -0.2) is 80.1 Å². The van der Waals surface area contributed by atoms with Crippen LogP contribution in [-0.2, 0) is 19.1 Å². The number of carbonyl (C=O) groups excluding carboxylic acids is 2. The molecule has 1 saturated heterocycles. The highest BCUT2D eigenvalue weighted by Gasteiger charge is 2.38. The van der Waals surface area contributed by atoms with E-state index in [9.17, 15) is 19.7 Å². The molecule has 2 aliphatic heterocycles. The number of nitrogens with one attached hydrogen (secondary N) is 1. The molecule has 2 aliphatic rings. The number of non-ortho nitro benzene ring substituents is 1. The highest BCUT2D eigenvalue weighted by Crippen LogP contribution is 2.40. The number of nitrogens with zero attached hydrogens (tertiary/aromatic N) is 3. The number of benzene rings is 1. The second-order valence-corrected chi connectivity index (χ2v) is 8.26. The lowest BCUT2D eigenvalue weighted by Crippen LogP contribution is -2.45. The van der Waals surface area contributed by atoms with Gasteiger partial charge in [-0.25, -0.2) is 9.59 Å². The highest BCUT2D eigenvalue weighted by molar-refractivity contribution is 5.99. The summed E-state index contributed by atoms with van der Waals surface area (Å²) in [6.07, 6.45) is 0. The van der Waals surface area contributed by atoms with Crippen LogP contribution in [0.1, 0.15) is 25.3 Å². The number of ether oxygens (including phenoxy) is 2. The fourth-order valence-electron chi connectivity index (χ4n) is 4.21. The minimum atomic E-state index is -0.852. The summed E-state index contributed by atoms with van der Waals surface area (Å²) in [5.74, 6) is -2.04. The SMILES string of the molecule is COC(=O)C1=C(C)NC(C)=C(C(=O)OCCN2CCN(C)CC2)[C@H]1c1cccc([N+](=O)[O-])c1. The maximum absolute atomic E-state index is 13.2. The highest BCUT2D eigenvalue weighted by atomic mass is 16.6. The van der Waals surface area contributed by atoms with Gasteiger partial charge in [-0.3, -0.25) is 15.0 Å². The van der Waals surface area contributed by atoms with Crippen LogP contribution in [0.4, 0.5) is 5.69 Å². The van der Waals surface area contributed by atoms with Crippen LogP contribution >= 0.6 is 0 Å². The minimum Gasteiger partial charge on any atom is -0.466 e. The van der Waals surface area contributed by atoms with Crippen molar-refractivity contribution >= 4 is 17.6 Å². The number of esters is 2. The Bertz CT molecular complexity index is 994. The van der Waals surface area contributed by atoms with Gasteiger partial charge in [0.2, 0.25) is 0 Å². The topological polar surface area (TPSA) is 114 Å². The summed E-state index contributed by atoms with van der Waals surface area (Å²) >= 11 is 0. The summed E-state index contributed by atoms with van der Waals surface area (Å²) in [6, 6.07) is 5.93. The molecule has 0 aliphatic carbocycles. The summed E-state index contributed by atoms with van der Waals surface area (Å²) in [5.41, 5.74) is 1.81. The van der Waals surface area contributed by atoms with Crippen LogP contribution in [0.25, 0.3) is 0 Å². The molecule has 0 unspecified atom stereocenters. The summed E-state index contributed by atoms with van der Waals surface area (Å²) < 4.78 is 10.6. The van der Waals surface area contributed by atoms with Gasteiger partial charge in [0, 0.05) is 56.3 Å². The molecule has 2 heterocycles. The first kappa shape index (κ1) is 24.4. The Morgan fingerprint density at radius 2 is 1.76 bits per heavy atom. The van der Waals surface area contributed by atoms with Gasteiger partial charge in [-0.05, 0) is 26.5 Å². The first-order chi connectivity index (χ1) is 15.7. The average molecular weight is 459 g/mol. The summed E-state index contributed by atoms with van der Waals surface area (Å²) in [7, 11) is 3.33. The summed E-state index contributed by atoms with van der Waals surface area (Å²) in [5, 5.41) is 14.4. The molecule has 0 amide bonds. The predicted molar refractivity (Wildman–Crippen MR) is 121 cm³/mol. The molecule has 1 atom stereocenters. The number of methoxy groups -OCH3 is 1. The molecule has 0 spiro atoms. The zero-order valence-corrected chi connectivity index (χ0v) is 19.4. The van der Waals surface area contributed by atoms with Gasteiger partial charge in [-0.1, -0.05) is 12.1 Å². The Balaban J connectivity index is 1.88. The van der Waals surface area contributed by atoms with Crippen molar-refractivity contribution in [2.75, 3.05) is 53.5 Å². The van der Waals surface area contributed by atoms with Crippen LogP contribution in [0.3, 0.4) is 0 Å². The lowest BCUT2D eigenvalue weighted by Gasteiger charge is -2.32. The van der Waals surface area contributed by atoms with E-state index in [0.717, 1.165) is 26.2 Å². The number of carbonyl (C=O) groups is 2. The fraction of sp³-hybridized carbons (Fsp3) is 0.478. The van der Waals surface area contributed by atoms with Crippen molar-refractivity contribution < 1.29 is 24.0 Å². The van der Waals surface area contributed by atoms with Crippen molar-refractivity contribution in [3.63, 3.8) is 0 Å². The van der Waals surface area contributed by atoms with Gasteiger partial charge in [0.1, 0.15) is 6.61 Å². The molecule has 0 aromatic heterocycles. The summed E-state index contributed by atoms with van der Waals surface area (Å²) in [6.45, 7) is 7.97. The Kier molecular flexibility index (Phi) is 7.83. The maximum Gasteiger partial charge on any atom is 0.336 e. The van der Waals surface area contributed by atoms with Gasteiger partial charge in [0.15, 0.2) is 0 Å². The lowest BCUT2D eigenvalue weighted by atomic mass is 9.80. The second-order valence-electron chi connectivity index (χ2n) is 8.26. The van der Waals surface area contributed by atoms with Crippen molar-refractivity contribution in [1.29, 1.82) is 0 Å². The number of hydrogen-bond acceptors (Lipinski definition) is 9. The van der Waals surface area contributed by atoms with Gasteiger partial charge in [-0.2, -0.15) is 0 Å². The molecule has 178 valence electrons. The Morgan fingerprint density at radius 1 is 1.12 bits per heavy atom. The number of rotatable bonds is 7. The quantitative estimate of drug-likeness (QED) is 0.371. The molecule has 0 radical (unpaired) electrons. The molecule has 1 fully saturated rings. The Hall–Kier alpha value is -3.24. The average Bonchev–Trinajstić information content (AvgIpc) is 2.79. The molecular weight excluding hydrogens is 428 g/mol. The Morgan fingerprint density at radius 3 is 2.36 bits per heavy atom. The van der Waals surface area contributed by atoms with E-state index in [4.69, 9.17) is 9.47 Å². The third-order valence-electron chi connectivity index (χ3n) is 6.04. The van der Waals surface area contributed by atoms with Crippen molar-refractivity contribution in [3.8, 4) is 0 Å². The number of nitro groups is 1. The summed E-state index contributed by atoms with van der Waals surface area (Å²) in [4.78, 5) is 41.2. The third kappa shape index (κ3) is 5.58. The van der Waals surface area contributed by atoms with Crippen LogP contribution < -0.4 is 5.32 Å². The van der Waals surface area contributed by atoms with E-state index >= 15 is 0 Å². The van der Waals surface area contributed by atoms with Gasteiger partial charge in [0.25, 0.3) is 5.69 Å². The first-order valence-electron chi connectivity index (χ1n) is 10.8. The zero-order valence-electron chi connectivity index (χ0n) is 19.4. The molecule has 0 bridgehead atoms. The normalized spacial score (nSPS) is 19.8. The van der Waals surface area contributed by atoms with Crippen LogP contribution in [0.2, 0.25) is 0 Å². The van der Waals surface area contributed by atoms with Gasteiger partial charge in [0.05, 0.1) is 29.1 Å². The van der Waals surface area contributed by atoms with E-state index in [1.807, 2.05) is 0 Å². The standard InChI is InChI=1S/C23H30N4O6/c1-15-19(22(28)32-4)21(17-6-5-7-18(14-17)27(30)31)20(16(2)24-15)23(29)33-13-12-26-10-8-25(3)9-11-26/h5-7,14,21,24H,8-13H2,1-4H3/t21-/m0/s1. The molecule has 1 aromatic rings. The van der Waals surface area contributed by atoms with E-state index in [1.165, 1.54) is 25.3 Å². The molecule has 1 N–H and O–H groups in total. The molecule has 1 aromatic carbocycles. The van der Waals surface area contributed by atoms with Crippen LogP contribution in [0.15, 0.2) is 46.8 Å². The molecule has 10 heteroatoms. The van der Waals surface area contributed by atoms with Gasteiger partial charge >= 0.3 is 11.9 Å². The molecular formula is C23H30N4O6. The van der Waals surface area contributed by atoms with Crippen molar-refractivity contribution in [2.45, 2.75) is 19.8 Å². The molecule has 0 saturated carbocycles. The largest absolute Gasteiger partial charge is 0.466 e. The number of piperazine rings is 1. The second kappa shape index (κ2) is 10.6. The first-order valence-corrected chi connectivity index (χ1v) is 10.8. The van der Waals surface area contributed by atoms with Crippen molar-refractivity contribution in [3.05, 3.63) is 62.5 Å². The van der Waals surface area contributed by atoms with Crippen LogP contribution in [0.5, 0.6) is 0 Å². The van der Waals surface area contributed by atoms with Crippen molar-refractivity contribution in [2.24, 2.45) is 0 Å². The molecule has 33 heavy (non-hydrogen) atoms. The zero-order chi connectivity index (χ0) is 24.1. The lowest BCUT2D eigenvalue weighted by molar-refractivity contribution is -0.384. The van der Waals surface area contributed by atoms with Gasteiger partial charge < -0.3 is 19.7 Å². The smallest absolute Gasteiger partial charge is 0.336 e. The van der Waals surface area contributed by atoms with E-state index in [-0.39, 0.29) is 23.4 Å². The van der Waals surface area contributed by atoms with Gasteiger partial charge in [-0.15, -0.1) is 0 Å². The number of likely N-dealkylation sites (N-methyl/N-ethyl adjacent to an activating group) is 1. The monoisotopic (exact) mass is 458 g/mol. The van der Waals surface area contributed by atoms with E-state index < -0.39 is 22.8 Å². The van der Waals surface area contributed by atoms with Crippen molar-refractivity contribution in [1.82, 2.24) is 15.1 Å². The number of allylic oxidation sites excluding steroid dienone is 2. The van der Waals surface area contributed by atoms with Crippen LogP contribution in [0, 0.1) is 10.1 Å². The number of nitro benzene ring substituents is 1. The predicted octanol–water partition coefficient (Wildman–Crippen LogP) is 1.79. The fourth-order valence-corrected chi connectivity index (χ4v) is 4.21. The van der Waals surface area contributed by atoms with E-state index in [0.29, 0.717) is 23.5 Å². The molecule has 3 rings (SSSR count). The Labute approximate surface area is 193 Å². The maximum atomic E-state index is 13.2. The number of dihydropyridines is 1.